The number of amides is 2. The van der Waals surface area contributed by atoms with E-state index in [1.807, 2.05) is 0 Å². The summed E-state index contributed by atoms with van der Waals surface area (Å²) < 4.78 is 0. The van der Waals surface area contributed by atoms with Crippen LogP contribution in [0.4, 0.5) is 0 Å². The molecule has 3 aliphatic rings. The van der Waals surface area contributed by atoms with E-state index in [1.54, 1.807) is 24.3 Å². The van der Waals surface area contributed by atoms with Gasteiger partial charge in [0.15, 0.2) is 5.66 Å². The van der Waals surface area contributed by atoms with Gasteiger partial charge in [-0.15, -0.1) is 0 Å². The largest absolute Gasteiger partial charge is 0.271 e. The van der Waals surface area contributed by atoms with Gasteiger partial charge in [0.2, 0.25) is 0 Å². The highest BCUT2D eigenvalue weighted by atomic mass is 16.2. The Morgan fingerprint density at radius 2 is 1.74 bits per heavy atom. The van der Waals surface area contributed by atoms with E-state index in [0.717, 1.165) is 19.3 Å². The van der Waals surface area contributed by atoms with Gasteiger partial charge in [-0.05, 0) is 31.4 Å². The van der Waals surface area contributed by atoms with Crippen molar-refractivity contribution in [3.05, 3.63) is 35.4 Å². The number of fused-ring (bicyclic) bond motifs is 1. The minimum absolute atomic E-state index is 0.0591. The molecule has 2 amide bonds. The molecule has 1 atom stereocenters. The number of nitrogens with zero attached hydrogens (tertiary/aromatic N) is 3. The van der Waals surface area contributed by atoms with E-state index in [0.29, 0.717) is 17.5 Å². The third-order valence-corrected chi connectivity index (χ3v) is 4.25. The summed E-state index contributed by atoms with van der Waals surface area (Å²) in [6.07, 6.45) is 3.47. The van der Waals surface area contributed by atoms with Crippen LogP contribution < -0.4 is 0 Å². The molecule has 1 spiro atoms. The fraction of sp³-hybridized carbons (Fsp3) is 0.429. The maximum atomic E-state index is 12.4. The third-order valence-electron chi connectivity index (χ3n) is 4.25. The van der Waals surface area contributed by atoms with Crippen LogP contribution in [-0.4, -0.2) is 28.4 Å². The lowest BCUT2D eigenvalue weighted by Gasteiger charge is -2.31. The van der Waals surface area contributed by atoms with Crippen molar-refractivity contribution >= 4 is 11.8 Å². The molecule has 19 heavy (non-hydrogen) atoms. The van der Waals surface area contributed by atoms with Crippen LogP contribution in [-0.2, 0) is 0 Å². The van der Waals surface area contributed by atoms with Gasteiger partial charge in [-0.3, -0.25) is 14.5 Å². The lowest BCUT2D eigenvalue weighted by molar-refractivity contribution is 0.0531. The van der Waals surface area contributed by atoms with E-state index in [2.05, 4.69) is 10.2 Å². The Labute approximate surface area is 110 Å². The molecule has 5 nitrogen and oxygen atoms in total. The topological polar surface area (TPSA) is 62.1 Å². The summed E-state index contributed by atoms with van der Waals surface area (Å²) >= 11 is 0. The molecular formula is C14H13N3O2. The summed E-state index contributed by atoms with van der Waals surface area (Å²) in [6.45, 7) is 0. The molecule has 1 aromatic carbocycles. The summed E-state index contributed by atoms with van der Waals surface area (Å²) in [7, 11) is 0. The van der Waals surface area contributed by atoms with Gasteiger partial charge < -0.3 is 0 Å². The van der Waals surface area contributed by atoms with Crippen molar-refractivity contribution in [1.29, 1.82) is 0 Å². The van der Waals surface area contributed by atoms with Crippen molar-refractivity contribution in [2.24, 2.45) is 10.2 Å². The van der Waals surface area contributed by atoms with Crippen molar-refractivity contribution in [2.45, 2.75) is 37.4 Å². The van der Waals surface area contributed by atoms with Gasteiger partial charge in [0.1, 0.15) is 0 Å². The van der Waals surface area contributed by atoms with Crippen molar-refractivity contribution < 1.29 is 9.59 Å². The second-order valence-corrected chi connectivity index (χ2v) is 5.46. The van der Waals surface area contributed by atoms with Crippen LogP contribution in [0.2, 0.25) is 0 Å². The Kier molecular flexibility index (Phi) is 2.00. The maximum absolute atomic E-state index is 12.4. The predicted octanol–water partition coefficient (Wildman–Crippen LogP) is 2.39. The zero-order chi connectivity index (χ0) is 13.0. The van der Waals surface area contributed by atoms with Crippen molar-refractivity contribution in [1.82, 2.24) is 4.90 Å². The Bertz CT molecular complexity index is 582. The summed E-state index contributed by atoms with van der Waals surface area (Å²) in [5, 5.41) is 8.18. The van der Waals surface area contributed by atoms with Crippen LogP contribution >= 0.6 is 0 Å². The minimum atomic E-state index is -0.280. The number of carbonyl (C=O) groups is 2. The van der Waals surface area contributed by atoms with Gasteiger partial charge >= 0.3 is 0 Å². The van der Waals surface area contributed by atoms with Crippen molar-refractivity contribution in [3.63, 3.8) is 0 Å². The third kappa shape index (κ3) is 1.47. The highest BCUT2D eigenvalue weighted by molar-refractivity contribution is 6.21. The van der Waals surface area contributed by atoms with Gasteiger partial charge in [-0.1, -0.05) is 12.1 Å². The first-order valence-corrected chi connectivity index (χ1v) is 6.61. The van der Waals surface area contributed by atoms with E-state index in [-0.39, 0.29) is 23.5 Å². The molecule has 0 aromatic heterocycles. The molecule has 0 saturated heterocycles. The highest BCUT2D eigenvalue weighted by Crippen LogP contribution is 2.44. The standard InChI is InChI=1S/C14H13N3O2/c18-12-10-5-1-2-6-11(10)13(19)17(12)9-4-3-7-14(8-9)15-16-14/h1-2,5-6,9H,3-4,7-8H2. The lowest BCUT2D eigenvalue weighted by atomic mass is 9.87. The Morgan fingerprint density at radius 3 is 2.32 bits per heavy atom. The summed E-state index contributed by atoms with van der Waals surface area (Å²) in [5.74, 6) is -0.327. The van der Waals surface area contributed by atoms with Gasteiger partial charge in [0.25, 0.3) is 11.8 Å². The molecule has 0 N–H and O–H groups in total. The average molecular weight is 255 g/mol. The smallest absolute Gasteiger partial charge is 0.261 e. The molecule has 2 aliphatic heterocycles. The van der Waals surface area contributed by atoms with Crippen LogP contribution in [0.25, 0.3) is 0 Å². The van der Waals surface area contributed by atoms with Crippen LogP contribution in [0.5, 0.6) is 0 Å². The van der Waals surface area contributed by atoms with E-state index < -0.39 is 0 Å². The quantitative estimate of drug-likeness (QED) is 0.723. The van der Waals surface area contributed by atoms with Gasteiger partial charge in [-0.25, -0.2) is 0 Å². The van der Waals surface area contributed by atoms with Crippen molar-refractivity contribution in [2.75, 3.05) is 0 Å². The first kappa shape index (κ1) is 10.8. The Hall–Kier alpha value is -2.04. The zero-order valence-electron chi connectivity index (χ0n) is 10.4. The number of rotatable bonds is 1. The fourth-order valence-electron chi connectivity index (χ4n) is 3.21. The molecule has 5 heteroatoms. The van der Waals surface area contributed by atoms with E-state index in [1.165, 1.54) is 4.90 Å². The zero-order valence-corrected chi connectivity index (χ0v) is 10.4. The normalized spacial score (nSPS) is 26.9. The number of carbonyl (C=O) groups excluding carboxylic acids is 2. The molecule has 1 unspecified atom stereocenters. The highest BCUT2D eigenvalue weighted by Gasteiger charge is 2.49. The van der Waals surface area contributed by atoms with Crippen LogP contribution in [0.15, 0.2) is 34.5 Å². The minimum Gasteiger partial charge on any atom is -0.271 e. The molecule has 1 fully saturated rings. The second kappa shape index (κ2) is 3.50. The Morgan fingerprint density at radius 1 is 1.11 bits per heavy atom. The van der Waals surface area contributed by atoms with Gasteiger partial charge in [0, 0.05) is 12.5 Å². The number of hydrogen-bond donors (Lipinski definition) is 0. The van der Waals surface area contributed by atoms with E-state index in [4.69, 9.17) is 0 Å². The molecule has 0 radical (unpaired) electrons. The van der Waals surface area contributed by atoms with Gasteiger partial charge in [-0.2, -0.15) is 10.2 Å². The number of imide groups is 1. The molecule has 96 valence electrons. The summed E-state index contributed by atoms with van der Waals surface area (Å²) in [4.78, 5) is 26.2. The van der Waals surface area contributed by atoms with E-state index >= 15 is 0 Å². The second-order valence-electron chi connectivity index (χ2n) is 5.46. The van der Waals surface area contributed by atoms with Crippen molar-refractivity contribution in [3.8, 4) is 0 Å². The molecule has 2 heterocycles. The molecule has 1 aliphatic carbocycles. The first-order chi connectivity index (χ1) is 9.20. The lowest BCUT2D eigenvalue weighted by Crippen LogP contribution is -2.44. The Balaban J connectivity index is 1.66. The maximum Gasteiger partial charge on any atom is 0.261 e. The monoisotopic (exact) mass is 255 g/mol. The molecular weight excluding hydrogens is 242 g/mol. The summed E-state index contributed by atoms with van der Waals surface area (Å²) in [5.41, 5.74) is 0.770. The average Bonchev–Trinajstić information content (AvgIpc) is 3.11. The number of hydrogen-bond acceptors (Lipinski definition) is 4. The molecule has 1 aromatic rings. The number of benzene rings is 1. The van der Waals surface area contributed by atoms with Crippen LogP contribution in [0, 0.1) is 0 Å². The van der Waals surface area contributed by atoms with Crippen LogP contribution in [0.3, 0.4) is 0 Å². The molecule has 1 saturated carbocycles. The fourth-order valence-corrected chi connectivity index (χ4v) is 3.21. The van der Waals surface area contributed by atoms with Crippen LogP contribution in [0.1, 0.15) is 46.4 Å². The summed E-state index contributed by atoms with van der Waals surface area (Å²) in [6, 6.07) is 6.97. The predicted molar refractivity (Wildman–Crippen MR) is 66.8 cm³/mol. The van der Waals surface area contributed by atoms with Gasteiger partial charge in [0.05, 0.1) is 11.1 Å². The first-order valence-electron chi connectivity index (χ1n) is 6.61. The molecule has 0 bridgehead atoms. The SMILES string of the molecule is O=C1c2ccccc2C(=O)N1C1CCCC2(C1)N=N2. The molecule has 4 rings (SSSR count). The van der Waals surface area contributed by atoms with E-state index in [9.17, 15) is 9.59 Å².